The standard InChI is InChI=1S/C18H22F2N2O/c1-3-5-12(4-2)16(19)10-21-18(23)22-11-17(20)14-7-6-13-8-15(13)9-14/h3-7,9,13,15-17H,1-2,8,10-11H2,(H2,21,22,23)/b12-5+. The lowest BCUT2D eigenvalue weighted by atomic mass is 10.0. The van der Waals surface area contributed by atoms with E-state index < -0.39 is 18.4 Å². The number of fused-ring (bicyclic) bond motifs is 1. The molecule has 2 amide bonds. The Labute approximate surface area is 135 Å². The smallest absolute Gasteiger partial charge is 0.315 e. The number of rotatable bonds is 8. The quantitative estimate of drug-likeness (QED) is 0.661. The number of halogens is 2. The van der Waals surface area contributed by atoms with Gasteiger partial charge in [0.05, 0.1) is 13.1 Å². The van der Waals surface area contributed by atoms with Crippen molar-refractivity contribution in [2.45, 2.75) is 18.8 Å². The van der Waals surface area contributed by atoms with Crippen molar-refractivity contribution in [3.05, 3.63) is 60.8 Å². The van der Waals surface area contributed by atoms with E-state index in [0.717, 1.165) is 6.42 Å². The first-order valence-electron chi connectivity index (χ1n) is 7.70. The largest absolute Gasteiger partial charge is 0.335 e. The summed E-state index contributed by atoms with van der Waals surface area (Å²) in [6.07, 6.45) is 8.50. The summed E-state index contributed by atoms with van der Waals surface area (Å²) in [5, 5.41) is 4.80. The number of allylic oxidation sites excluding steroid dienone is 6. The first kappa shape index (κ1) is 17.2. The molecule has 4 atom stereocenters. The summed E-state index contributed by atoms with van der Waals surface area (Å²) >= 11 is 0. The molecule has 0 radical (unpaired) electrons. The molecule has 2 aliphatic rings. The zero-order chi connectivity index (χ0) is 16.8. The summed E-state index contributed by atoms with van der Waals surface area (Å²) in [6, 6.07) is -0.595. The molecule has 2 rings (SSSR count). The third kappa shape index (κ3) is 4.91. The van der Waals surface area contributed by atoms with E-state index in [1.807, 2.05) is 12.2 Å². The molecule has 23 heavy (non-hydrogen) atoms. The van der Waals surface area contributed by atoms with Gasteiger partial charge in [-0.1, -0.05) is 49.6 Å². The summed E-state index contributed by atoms with van der Waals surface area (Å²) in [4.78, 5) is 11.6. The molecule has 0 heterocycles. The molecule has 1 saturated carbocycles. The van der Waals surface area contributed by atoms with Crippen LogP contribution in [0.4, 0.5) is 13.6 Å². The van der Waals surface area contributed by atoms with Crippen LogP contribution >= 0.6 is 0 Å². The monoisotopic (exact) mass is 320 g/mol. The van der Waals surface area contributed by atoms with Crippen molar-refractivity contribution >= 4 is 6.03 Å². The highest BCUT2D eigenvalue weighted by Crippen LogP contribution is 2.44. The van der Waals surface area contributed by atoms with Crippen LogP contribution < -0.4 is 10.6 Å². The van der Waals surface area contributed by atoms with Gasteiger partial charge in [-0.25, -0.2) is 13.6 Å². The average molecular weight is 320 g/mol. The van der Waals surface area contributed by atoms with Crippen molar-refractivity contribution in [2.75, 3.05) is 13.1 Å². The van der Waals surface area contributed by atoms with Crippen LogP contribution in [0.3, 0.4) is 0 Å². The number of hydrogen-bond donors (Lipinski definition) is 2. The van der Waals surface area contributed by atoms with Crippen LogP contribution in [0, 0.1) is 11.8 Å². The van der Waals surface area contributed by atoms with Gasteiger partial charge in [-0.3, -0.25) is 0 Å². The molecule has 1 fully saturated rings. The molecule has 0 aromatic rings. The fourth-order valence-electron chi connectivity index (χ4n) is 2.49. The lowest BCUT2D eigenvalue weighted by molar-refractivity contribution is 0.233. The molecule has 0 bridgehead atoms. The van der Waals surface area contributed by atoms with Crippen LogP contribution in [0.15, 0.2) is 60.8 Å². The van der Waals surface area contributed by atoms with Gasteiger partial charge in [0.25, 0.3) is 0 Å². The predicted molar refractivity (Wildman–Crippen MR) is 88.5 cm³/mol. The number of amides is 2. The van der Waals surface area contributed by atoms with Crippen molar-refractivity contribution < 1.29 is 13.6 Å². The minimum Gasteiger partial charge on any atom is -0.335 e. The molecule has 3 nitrogen and oxygen atoms in total. The minimum absolute atomic E-state index is 0.132. The first-order chi connectivity index (χ1) is 11.0. The van der Waals surface area contributed by atoms with Crippen LogP contribution in [0.5, 0.6) is 0 Å². The van der Waals surface area contributed by atoms with E-state index in [4.69, 9.17) is 0 Å². The lowest BCUT2D eigenvalue weighted by Crippen LogP contribution is -2.41. The lowest BCUT2D eigenvalue weighted by Gasteiger charge is -2.15. The van der Waals surface area contributed by atoms with Gasteiger partial charge in [0.1, 0.15) is 12.3 Å². The molecule has 4 unspecified atom stereocenters. The summed E-state index contributed by atoms with van der Waals surface area (Å²) in [5.74, 6) is 1.04. The molecule has 0 aromatic heterocycles. The zero-order valence-electron chi connectivity index (χ0n) is 13.0. The third-order valence-corrected chi connectivity index (χ3v) is 3.99. The number of carbonyl (C=O) groups excluding carboxylic acids is 1. The summed E-state index contributed by atoms with van der Waals surface area (Å²) < 4.78 is 27.9. The Morgan fingerprint density at radius 3 is 2.70 bits per heavy atom. The summed E-state index contributed by atoms with van der Waals surface area (Å²) in [5.41, 5.74) is 0.940. The van der Waals surface area contributed by atoms with Crippen LogP contribution in [0.25, 0.3) is 0 Å². The van der Waals surface area contributed by atoms with Crippen molar-refractivity contribution in [1.82, 2.24) is 10.6 Å². The summed E-state index contributed by atoms with van der Waals surface area (Å²) in [6.45, 7) is 6.65. The fourth-order valence-corrected chi connectivity index (χ4v) is 2.49. The topological polar surface area (TPSA) is 41.1 Å². The Bertz CT molecular complexity index is 565. The van der Waals surface area contributed by atoms with Gasteiger partial charge in [-0.2, -0.15) is 0 Å². The Balaban J connectivity index is 1.70. The fraction of sp³-hybridized carbons (Fsp3) is 0.389. The van der Waals surface area contributed by atoms with Crippen LogP contribution in [-0.4, -0.2) is 31.5 Å². The van der Waals surface area contributed by atoms with Crippen LogP contribution in [0.1, 0.15) is 6.42 Å². The van der Waals surface area contributed by atoms with E-state index in [1.54, 1.807) is 6.08 Å². The van der Waals surface area contributed by atoms with Gasteiger partial charge in [0, 0.05) is 0 Å². The van der Waals surface area contributed by atoms with Gasteiger partial charge in [0.2, 0.25) is 0 Å². The SMILES string of the molecule is C=C/C=C(\C=C)C(F)CNC(=O)NCC(F)C1=CC2CC2C=C1. The Kier molecular flexibility index (Phi) is 5.90. The van der Waals surface area contributed by atoms with E-state index in [2.05, 4.69) is 23.8 Å². The van der Waals surface area contributed by atoms with Crippen LogP contribution in [-0.2, 0) is 0 Å². The minimum atomic E-state index is -1.38. The highest BCUT2D eigenvalue weighted by Gasteiger charge is 2.36. The first-order valence-corrected chi connectivity index (χ1v) is 7.70. The van der Waals surface area contributed by atoms with E-state index >= 15 is 0 Å². The molecule has 2 N–H and O–H groups in total. The van der Waals surface area contributed by atoms with Gasteiger partial charge >= 0.3 is 6.03 Å². The maximum absolute atomic E-state index is 14.1. The maximum Gasteiger partial charge on any atom is 0.315 e. The van der Waals surface area contributed by atoms with Gasteiger partial charge in [0.15, 0.2) is 0 Å². The molecular weight excluding hydrogens is 298 g/mol. The number of alkyl halides is 2. The second-order valence-electron chi connectivity index (χ2n) is 5.72. The predicted octanol–water partition coefficient (Wildman–Crippen LogP) is 3.39. The average Bonchev–Trinajstić information content (AvgIpc) is 3.33. The van der Waals surface area contributed by atoms with Gasteiger partial charge in [-0.05, 0) is 29.4 Å². The Morgan fingerprint density at radius 2 is 2.04 bits per heavy atom. The van der Waals surface area contributed by atoms with Crippen molar-refractivity contribution in [1.29, 1.82) is 0 Å². The number of carbonyl (C=O) groups is 1. The number of nitrogens with one attached hydrogen (secondary N) is 2. The second-order valence-corrected chi connectivity index (χ2v) is 5.72. The molecule has 0 saturated heterocycles. The normalized spacial score (nSPS) is 24.8. The third-order valence-electron chi connectivity index (χ3n) is 3.99. The van der Waals surface area contributed by atoms with E-state index in [0.29, 0.717) is 23.0 Å². The van der Waals surface area contributed by atoms with Crippen molar-refractivity contribution in [3.63, 3.8) is 0 Å². The highest BCUT2D eigenvalue weighted by atomic mass is 19.1. The number of urea groups is 1. The van der Waals surface area contributed by atoms with Gasteiger partial charge < -0.3 is 10.6 Å². The highest BCUT2D eigenvalue weighted by molar-refractivity contribution is 5.74. The molecule has 5 heteroatoms. The van der Waals surface area contributed by atoms with E-state index in [9.17, 15) is 13.6 Å². The van der Waals surface area contributed by atoms with Crippen molar-refractivity contribution in [3.8, 4) is 0 Å². The maximum atomic E-state index is 14.1. The summed E-state index contributed by atoms with van der Waals surface area (Å²) in [7, 11) is 0. The molecule has 0 aromatic carbocycles. The Morgan fingerprint density at radius 1 is 1.30 bits per heavy atom. The number of hydrogen-bond acceptors (Lipinski definition) is 1. The van der Waals surface area contributed by atoms with Crippen molar-refractivity contribution in [2.24, 2.45) is 11.8 Å². The van der Waals surface area contributed by atoms with E-state index in [-0.39, 0.29) is 13.1 Å². The molecule has 0 aliphatic heterocycles. The van der Waals surface area contributed by atoms with Crippen LogP contribution in [0.2, 0.25) is 0 Å². The molecular formula is C18H22F2N2O. The molecule has 124 valence electrons. The zero-order valence-corrected chi connectivity index (χ0v) is 13.0. The second kappa shape index (κ2) is 7.90. The molecule has 2 aliphatic carbocycles. The van der Waals surface area contributed by atoms with Gasteiger partial charge in [-0.15, -0.1) is 0 Å². The Hall–Kier alpha value is -2.17. The molecule has 0 spiro atoms. The van der Waals surface area contributed by atoms with E-state index in [1.165, 1.54) is 18.2 Å².